The van der Waals surface area contributed by atoms with Crippen molar-refractivity contribution >= 4 is 40.1 Å². The van der Waals surface area contributed by atoms with E-state index in [1.54, 1.807) is 0 Å². The maximum atomic E-state index is 12.9. The Morgan fingerprint density at radius 2 is 1.90 bits per heavy atom. The van der Waals surface area contributed by atoms with Gasteiger partial charge in [-0.15, -0.1) is 0 Å². The van der Waals surface area contributed by atoms with Crippen molar-refractivity contribution in [1.29, 1.82) is 0 Å². The third-order valence-electron chi connectivity index (χ3n) is 5.20. The summed E-state index contributed by atoms with van der Waals surface area (Å²) in [7, 11) is 0. The zero-order chi connectivity index (χ0) is 14.1. The van der Waals surface area contributed by atoms with Gasteiger partial charge in [-0.1, -0.05) is 12.2 Å². The van der Waals surface area contributed by atoms with Crippen molar-refractivity contribution < 1.29 is 9.59 Å². The van der Waals surface area contributed by atoms with Crippen LogP contribution in [-0.2, 0) is 9.59 Å². The molecule has 4 atom stereocenters. The van der Waals surface area contributed by atoms with Crippen LogP contribution in [0.15, 0.2) is 36.4 Å². The fourth-order valence-electron chi connectivity index (χ4n) is 4.14. The van der Waals surface area contributed by atoms with Gasteiger partial charge in [-0.3, -0.25) is 9.59 Å². The quantitative estimate of drug-likeness (QED) is 0.428. The van der Waals surface area contributed by atoms with E-state index in [4.69, 9.17) is 0 Å². The normalized spacial score (nSPS) is 37.9. The van der Waals surface area contributed by atoms with Gasteiger partial charge in [0.1, 0.15) is 0 Å². The Labute approximate surface area is 131 Å². The SMILES string of the molecule is C[C@]12C(=O)N(c3ccc(I)cc3)C(=O)[C@H]1[C@H]1C=C[C@H]2C1. The van der Waals surface area contributed by atoms with Gasteiger partial charge in [-0.25, -0.2) is 4.90 Å². The fourth-order valence-corrected chi connectivity index (χ4v) is 4.50. The Kier molecular flexibility index (Phi) is 2.47. The molecule has 0 spiro atoms. The Balaban J connectivity index is 1.80. The second-order valence-electron chi connectivity index (χ2n) is 6.11. The highest BCUT2D eigenvalue weighted by Gasteiger charge is 2.67. The molecule has 0 unspecified atom stereocenters. The van der Waals surface area contributed by atoms with Crippen LogP contribution in [0.1, 0.15) is 13.3 Å². The predicted molar refractivity (Wildman–Crippen MR) is 84.0 cm³/mol. The van der Waals surface area contributed by atoms with Crippen LogP contribution in [0.5, 0.6) is 0 Å². The van der Waals surface area contributed by atoms with Gasteiger partial charge in [-0.2, -0.15) is 0 Å². The first-order valence-electron chi connectivity index (χ1n) is 6.86. The van der Waals surface area contributed by atoms with E-state index in [0.29, 0.717) is 5.69 Å². The molecule has 4 heteroatoms. The molecule has 2 amide bonds. The van der Waals surface area contributed by atoms with E-state index in [0.717, 1.165) is 9.99 Å². The van der Waals surface area contributed by atoms with E-state index < -0.39 is 5.41 Å². The molecule has 0 aromatic heterocycles. The van der Waals surface area contributed by atoms with Crippen LogP contribution in [0, 0.1) is 26.7 Å². The number of fused-ring (bicyclic) bond motifs is 5. The molecule has 1 aromatic carbocycles. The topological polar surface area (TPSA) is 37.4 Å². The third kappa shape index (κ3) is 1.35. The minimum absolute atomic E-state index is 0.0180. The van der Waals surface area contributed by atoms with E-state index in [2.05, 4.69) is 34.7 Å². The molecule has 1 saturated carbocycles. The lowest BCUT2D eigenvalue weighted by Gasteiger charge is -2.28. The number of halogens is 1. The maximum Gasteiger partial charge on any atom is 0.241 e. The summed E-state index contributed by atoms with van der Waals surface area (Å²) >= 11 is 2.22. The molecule has 1 aliphatic heterocycles. The summed E-state index contributed by atoms with van der Waals surface area (Å²) in [6, 6.07) is 7.58. The van der Waals surface area contributed by atoms with Gasteiger partial charge in [0, 0.05) is 3.57 Å². The van der Waals surface area contributed by atoms with Crippen LogP contribution in [0.4, 0.5) is 5.69 Å². The molecule has 20 heavy (non-hydrogen) atoms. The zero-order valence-corrected chi connectivity index (χ0v) is 13.2. The van der Waals surface area contributed by atoms with E-state index in [9.17, 15) is 9.59 Å². The standard InChI is InChI=1S/C16H14INO2/c1-16-10-3-2-9(8-10)13(16)14(19)18(15(16)20)12-6-4-11(17)5-7-12/h2-7,9-10,13H,8H2,1H3/t9-,10-,13+,16+/m0/s1. The lowest BCUT2D eigenvalue weighted by Crippen LogP contribution is -2.37. The smallest absolute Gasteiger partial charge is 0.241 e. The second kappa shape index (κ2) is 3.93. The largest absolute Gasteiger partial charge is 0.274 e. The number of nitrogens with zero attached hydrogens (tertiary/aromatic N) is 1. The Morgan fingerprint density at radius 3 is 2.55 bits per heavy atom. The average molecular weight is 379 g/mol. The van der Waals surface area contributed by atoms with E-state index in [1.807, 2.05) is 31.2 Å². The summed E-state index contributed by atoms with van der Waals surface area (Å²) in [6.07, 6.45) is 5.21. The average Bonchev–Trinajstić information content (AvgIpc) is 3.05. The first-order valence-corrected chi connectivity index (χ1v) is 7.93. The number of anilines is 1. The van der Waals surface area contributed by atoms with Crippen molar-refractivity contribution in [3.05, 3.63) is 40.0 Å². The van der Waals surface area contributed by atoms with Crippen LogP contribution >= 0.6 is 22.6 Å². The summed E-state index contributed by atoms with van der Waals surface area (Å²) < 4.78 is 1.10. The number of imide groups is 1. The van der Waals surface area contributed by atoms with Gasteiger partial charge in [0.2, 0.25) is 11.8 Å². The van der Waals surface area contributed by atoms with Gasteiger partial charge in [0.05, 0.1) is 17.0 Å². The summed E-state index contributed by atoms with van der Waals surface area (Å²) in [5.74, 6) is 0.267. The lowest BCUT2D eigenvalue weighted by molar-refractivity contribution is -0.127. The highest BCUT2D eigenvalue weighted by atomic mass is 127. The van der Waals surface area contributed by atoms with E-state index in [1.165, 1.54) is 4.90 Å². The van der Waals surface area contributed by atoms with Crippen molar-refractivity contribution in [3.63, 3.8) is 0 Å². The van der Waals surface area contributed by atoms with Gasteiger partial charge in [-0.05, 0) is 72.0 Å². The van der Waals surface area contributed by atoms with Crippen molar-refractivity contribution in [2.45, 2.75) is 13.3 Å². The summed E-state index contributed by atoms with van der Waals surface area (Å²) in [5, 5.41) is 0. The van der Waals surface area contributed by atoms with Gasteiger partial charge >= 0.3 is 0 Å². The number of allylic oxidation sites excluding steroid dienone is 2. The van der Waals surface area contributed by atoms with Crippen LogP contribution in [0.2, 0.25) is 0 Å². The molecule has 1 heterocycles. The molecule has 102 valence electrons. The lowest BCUT2D eigenvalue weighted by atomic mass is 9.71. The number of rotatable bonds is 1. The minimum Gasteiger partial charge on any atom is -0.274 e. The van der Waals surface area contributed by atoms with Crippen molar-refractivity contribution in [1.82, 2.24) is 0 Å². The third-order valence-corrected chi connectivity index (χ3v) is 5.92. The monoisotopic (exact) mass is 379 g/mol. The highest BCUT2D eigenvalue weighted by Crippen LogP contribution is 2.60. The summed E-state index contributed by atoms with van der Waals surface area (Å²) in [6.45, 7) is 1.97. The molecule has 3 nitrogen and oxygen atoms in total. The molecule has 4 rings (SSSR count). The van der Waals surface area contributed by atoms with Crippen molar-refractivity contribution in [2.24, 2.45) is 23.2 Å². The first-order chi connectivity index (χ1) is 9.53. The number of hydrogen-bond donors (Lipinski definition) is 0. The molecule has 2 bridgehead atoms. The second-order valence-corrected chi connectivity index (χ2v) is 7.35. The van der Waals surface area contributed by atoms with E-state index >= 15 is 0 Å². The number of carbonyl (C=O) groups is 2. The molecular formula is C16H14INO2. The maximum absolute atomic E-state index is 12.9. The Morgan fingerprint density at radius 1 is 1.20 bits per heavy atom. The Bertz CT molecular complexity index is 651. The molecule has 1 saturated heterocycles. The summed E-state index contributed by atoms with van der Waals surface area (Å²) in [5.41, 5.74) is 0.176. The first kappa shape index (κ1) is 12.6. The van der Waals surface area contributed by atoms with Gasteiger partial charge < -0.3 is 0 Å². The van der Waals surface area contributed by atoms with Crippen LogP contribution in [0.3, 0.4) is 0 Å². The summed E-state index contributed by atoms with van der Waals surface area (Å²) in [4.78, 5) is 27.0. The van der Waals surface area contributed by atoms with Crippen LogP contribution in [0.25, 0.3) is 0 Å². The molecule has 0 radical (unpaired) electrons. The fraction of sp³-hybridized carbons (Fsp3) is 0.375. The molecule has 1 aromatic rings. The number of benzene rings is 1. The zero-order valence-electron chi connectivity index (χ0n) is 11.0. The van der Waals surface area contributed by atoms with Crippen molar-refractivity contribution in [3.8, 4) is 0 Å². The number of hydrogen-bond acceptors (Lipinski definition) is 2. The van der Waals surface area contributed by atoms with Gasteiger partial charge in [0.25, 0.3) is 0 Å². The highest BCUT2D eigenvalue weighted by molar-refractivity contribution is 14.1. The molecule has 3 aliphatic rings. The molecule has 0 N–H and O–H groups in total. The molecule has 2 fully saturated rings. The number of amides is 2. The van der Waals surface area contributed by atoms with Crippen LogP contribution < -0.4 is 4.90 Å². The molecule has 2 aliphatic carbocycles. The minimum atomic E-state index is -0.528. The van der Waals surface area contributed by atoms with E-state index in [-0.39, 0.29) is 29.6 Å². The van der Waals surface area contributed by atoms with Crippen LogP contribution in [-0.4, -0.2) is 11.8 Å². The Hall–Kier alpha value is -1.17. The van der Waals surface area contributed by atoms with Crippen molar-refractivity contribution in [2.75, 3.05) is 4.90 Å². The van der Waals surface area contributed by atoms with Gasteiger partial charge in [0.15, 0.2) is 0 Å². The molecular weight excluding hydrogens is 365 g/mol. The number of carbonyl (C=O) groups excluding carboxylic acids is 2. The predicted octanol–water partition coefficient (Wildman–Crippen LogP) is 2.99.